The number of halogens is 1. The van der Waals surface area contributed by atoms with Gasteiger partial charge in [0.05, 0.1) is 5.92 Å². The van der Waals surface area contributed by atoms with Crippen LogP contribution < -0.4 is 15.5 Å². The third-order valence-electron chi connectivity index (χ3n) is 4.36. The Kier molecular flexibility index (Phi) is 4.49. The predicted octanol–water partition coefficient (Wildman–Crippen LogP) is 1.59. The maximum atomic E-state index is 12.3. The van der Waals surface area contributed by atoms with Crippen molar-refractivity contribution < 1.29 is 9.59 Å². The summed E-state index contributed by atoms with van der Waals surface area (Å²) in [6.45, 7) is 4.22. The molecular weight excluding hydrogens is 346 g/mol. The summed E-state index contributed by atoms with van der Waals surface area (Å²) in [5.74, 6) is -0.234. The zero-order valence-corrected chi connectivity index (χ0v) is 14.1. The van der Waals surface area contributed by atoms with E-state index in [0.717, 1.165) is 35.2 Å². The van der Waals surface area contributed by atoms with Gasteiger partial charge in [-0.05, 0) is 43.7 Å². The van der Waals surface area contributed by atoms with Crippen LogP contribution in [0.4, 0.5) is 5.69 Å². The average Bonchev–Trinajstić information content (AvgIpc) is 3.11. The first-order valence-electron chi connectivity index (χ1n) is 7.62. The highest BCUT2D eigenvalue weighted by atomic mass is 79.9. The molecule has 2 atom stereocenters. The summed E-state index contributed by atoms with van der Waals surface area (Å²) < 4.78 is 1.02. The highest BCUT2D eigenvalue weighted by molar-refractivity contribution is 9.10. The molecule has 3 rings (SSSR count). The van der Waals surface area contributed by atoms with E-state index in [9.17, 15) is 9.59 Å². The standard InChI is InChI=1S/C16H20BrN3O2/c1-10-6-13(2-3-14(10)17)20-9-11(7-15(20)21)16(22)19-12-4-5-18-8-12/h2-3,6,11-12,18H,4-5,7-9H2,1H3,(H,19,22). The van der Waals surface area contributed by atoms with Crippen LogP contribution in [0.5, 0.6) is 0 Å². The molecule has 2 aliphatic heterocycles. The molecule has 1 aromatic carbocycles. The Labute approximate surface area is 138 Å². The maximum absolute atomic E-state index is 12.3. The molecular formula is C16H20BrN3O2. The van der Waals surface area contributed by atoms with Crippen LogP contribution in [0.15, 0.2) is 22.7 Å². The van der Waals surface area contributed by atoms with Crippen molar-refractivity contribution >= 4 is 33.4 Å². The Balaban J connectivity index is 1.67. The Hall–Kier alpha value is -1.40. The average molecular weight is 366 g/mol. The van der Waals surface area contributed by atoms with Crippen LogP contribution in [0.2, 0.25) is 0 Å². The van der Waals surface area contributed by atoms with E-state index in [1.807, 2.05) is 25.1 Å². The molecule has 2 aliphatic rings. The van der Waals surface area contributed by atoms with E-state index in [4.69, 9.17) is 0 Å². The van der Waals surface area contributed by atoms with Crippen molar-refractivity contribution in [1.82, 2.24) is 10.6 Å². The zero-order chi connectivity index (χ0) is 15.7. The molecule has 2 saturated heterocycles. The fourth-order valence-corrected chi connectivity index (χ4v) is 3.27. The van der Waals surface area contributed by atoms with E-state index in [1.165, 1.54) is 0 Å². The number of nitrogens with one attached hydrogen (secondary N) is 2. The summed E-state index contributed by atoms with van der Waals surface area (Å²) in [6.07, 6.45) is 1.25. The van der Waals surface area contributed by atoms with Crippen molar-refractivity contribution in [3.8, 4) is 0 Å². The molecule has 0 spiro atoms. The lowest BCUT2D eigenvalue weighted by Gasteiger charge is -2.18. The molecule has 22 heavy (non-hydrogen) atoms. The zero-order valence-electron chi connectivity index (χ0n) is 12.6. The third kappa shape index (κ3) is 3.17. The van der Waals surface area contributed by atoms with Crippen LogP contribution in [-0.4, -0.2) is 37.5 Å². The van der Waals surface area contributed by atoms with Gasteiger partial charge < -0.3 is 15.5 Å². The van der Waals surface area contributed by atoms with Gasteiger partial charge in [-0.3, -0.25) is 9.59 Å². The number of hydrogen-bond acceptors (Lipinski definition) is 3. The van der Waals surface area contributed by atoms with Crippen LogP contribution in [0, 0.1) is 12.8 Å². The van der Waals surface area contributed by atoms with Gasteiger partial charge in [-0.15, -0.1) is 0 Å². The van der Waals surface area contributed by atoms with Crippen LogP contribution in [-0.2, 0) is 9.59 Å². The number of benzene rings is 1. The molecule has 0 aromatic heterocycles. The van der Waals surface area contributed by atoms with Gasteiger partial charge in [0.2, 0.25) is 11.8 Å². The largest absolute Gasteiger partial charge is 0.352 e. The summed E-state index contributed by atoms with van der Waals surface area (Å²) in [5.41, 5.74) is 1.94. The Morgan fingerprint density at radius 1 is 1.45 bits per heavy atom. The number of nitrogens with zero attached hydrogens (tertiary/aromatic N) is 1. The van der Waals surface area contributed by atoms with Gasteiger partial charge in [-0.1, -0.05) is 15.9 Å². The number of aryl methyl sites for hydroxylation is 1. The second-order valence-electron chi connectivity index (χ2n) is 6.04. The topological polar surface area (TPSA) is 61.4 Å². The molecule has 6 heteroatoms. The lowest BCUT2D eigenvalue weighted by molar-refractivity contribution is -0.126. The lowest BCUT2D eigenvalue weighted by atomic mass is 10.1. The van der Waals surface area contributed by atoms with E-state index >= 15 is 0 Å². The van der Waals surface area contributed by atoms with Gasteiger partial charge in [0.15, 0.2) is 0 Å². The Morgan fingerprint density at radius 2 is 2.27 bits per heavy atom. The molecule has 0 saturated carbocycles. The quantitative estimate of drug-likeness (QED) is 0.854. The van der Waals surface area contributed by atoms with E-state index in [2.05, 4.69) is 26.6 Å². The second-order valence-corrected chi connectivity index (χ2v) is 6.89. The molecule has 2 heterocycles. The van der Waals surface area contributed by atoms with Crippen molar-refractivity contribution in [2.75, 3.05) is 24.5 Å². The fraction of sp³-hybridized carbons (Fsp3) is 0.500. The molecule has 5 nitrogen and oxygen atoms in total. The summed E-state index contributed by atoms with van der Waals surface area (Å²) >= 11 is 3.46. The van der Waals surface area contributed by atoms with Crippen LogP contribution in [0.3, 0.4) is 0 Å². The minimum absolute atomic E-state index is 0.00150. The molecule has 1 aromatic rings. The molecule has 118 valence electrons. The van der Waals surface area contributed by atoms with E-state index < -0.39 is 0 Å². The van der Waals surface area contributed by atoms with Crippen molar-refractivity contribution in [3.63, 3.8) is 0 Å². The number of carbonyl (C=O) groups is 2. The van der Waals surface area contributed by atoms with Gasteiger partial charge in [0, 0.05) is 35.7 Å². The fourth-order valence-electron chi connectivity index (χ4n) is 3.03. The Bertz CT molecular complexity index is 599. The number of hydrogen-bond donors (Lipinski definition) is 2. The van der Waals surface area contributed by atoms with Crippen LogP contribution in [0.25, 0.3) is 0 Å². The van der Waals surface area contributed by atoms with Gasteiger partial charge >= 0.3 is 0 Å². The number of carbonyl (C=O) groups excluding carboxylic acids is 2. The van der Waals surface area contributed by atoms with Gasteiger partial charge in [0.1, 0.15) is 0 Å². The van der Waals surface area contributed by atoms with E-state index in [0.29, 0.717) is 13.0 Å². The SMILES string of the molecule is Cc1cc(N2CC(C(=O)NC3CCNC3)CC2=O)ccc1Br. The molecule has 2 fully saturated rings. The summed E-state index contributed by atoms with van der Waals surface area (Å²) in [6, 6.07) is 6.03. The Morgan fingerprint density at radius 3 is 2.95 bits per heavy atom. The van der Waals surface area contributed by atoms with Crippen molar-refractivity contribution in [2.45, 2.75) is 25.8 Å². The second kappa shape index (κ2) is 6.38. The first-order valence-corrected chi connectivity index (χ1v) is 8.41. The van der Waals surface area contributed by atoms with Crippen LogP contribution >= 0.6 is 15.9 Å². The van der Waals surface area contributed by atoms with Gasteiger partial charge in [-0.25, -0.2) is 0 Å². The monoisotopic (exact) mass is 365 g/mol. The normalized spacial score (nSPS) is 24.8. The highest BCUT2D eigenvalue weighted by Crippen LogP contribution is 2.28. The van der Waals surface area contributed by atoms with Gasteiger partial charge in [-0.2, -0.15) is 0 Å². The number of amides is 2. The van der Waals surface area contributed by atoms with Crippen molar-refractivity contribution in [2.24, 2.45) is 5.92 Å². The minimum atomic E-state index is -0.253. The number of anilines is 1. The molecule has 2 N–H and O–H groups in total. The summed E-state index contributed by atoms with van der Waals surface area (Å²) in [7, 11) is 0. The highest BCUT2D eigenvalue weighted by Gasteiger charge is 2.36. The molecule has 0 bridgehead atoms. The maximum Gasteiger partial charge on any atom is 0.227 e. The molecule has 2 unspecified atom stereocenters. The minimum Gasteiger partial charge on any atom is -0.352 e. The van der Waals surface area contributed by atoms with E-state index in [1.54, 1.807) is 4.90 Å². The first-order chi connectivity index (χ1) is 10.5. The smallest absolute Gasteiger partial charge is 0.227 e. The predicted molar refractivity (Wildman–Crippen MR) is 88.8 cm³/mol. The van der Waals surface area contributed by atoms with Crippen LogP contribution in [0.1, 0.15) is 18.4 Å². The molecule has 0 radical (unpaired) electrons. The van der Waals surface area contributed by atoms with Gasteiger partial charge in [0.25, 0.3) is 0 Å². The summed E-state index contributed by atoms with van der Waals surface area (Å²) in [5, 5.41) is 6.27. The molecule has 0 aliphatic carbocycles. The third-order valence-corrected chi connectivity index (χ3v) is 5.25. The lowest BCUT2D eigenvalue weighted by Crippen LogP contribution is -2.40. The van der Waals surface area contributed by atoms with Crippen molar-refractivity contribution in [3.05, 3.63) is 28.2 Å². The molecule has 2 amide bonds. The number of rotatable bonds is 3. The summed E-state index contributed by atoms with van der Waals surface area (Å²) in [4.78, 5) is 26.3. The first kappa shape index (κ1) is 15.5. The van der Waals surface area contributed by atoms with Crippen molar-refractivity contribution in [1.29, 1.82) is 0 Å². The van der Waals surface area contributed by atoms with E-state index in [-0.39, 0.29) is 23.8 Å².